The minimum atomic E-state index is -0.212. The molecule has 3 aromatic rings. The molecular weight excluding hydrogens is 406 g/mol. The first-order chi connectivity index (χ1) is 14.4. The molecule has 1 aromatic carbocycles. The van der Waals surface area contributed by atoms with Crippen LogP contribution in [0.25, 0.3) is 10.2 Å². The van der Waals surface area contributed by atoms with Crippen molar-refractivity contribution < 1.29 is 19.0 Å². The van der Waals surface area contributed by atoms with Gasteiger partial charge in [0.1, 0.15) is 27.3 Å². The van der Waals surface area contributed by atoms with Gasteiger partial charge in [0.2, 0.25) is 5.88 Å². The van der Waals surface area contributed by atoms with Gasteiger partial charge in [0.15, 0.2) is 5.13 Å². The van der Waals surface area contributed by atoms with E-state index in [4.69, 9.17) is 19.2 Å². The summed E-state index contributed by atoms with van der Waals surface area (Å²) in [5, 5.41) is 4.79. The first-order valence-electron chi connectivity index (χ1n) is 9.45. The molecule has 0 N–H and O–H groups in total. The van der Waals surface area contributed by atoms with Gasteiger partial charge in [-0.3, -0.25) is 14.4 Å². The predicted molar refractivity (Wildman–Crippen MR) is 117 cm³/mol. The molecule has 2 heterocycles. The van der Waals surface area contributed by atoms with Crippen LogP contribution in [0.2, 0.25) is 0 Å². The average molecular weight is 434 g/mol. The van der Waals surface area contributed by atoms with Crippen LogP contribution < -0.4 is 19.1 Å². The summed E-state index contributed by atoms with van der Waals surface area (Å²) in [4.78, 5) is 22.0. The summed E-state index contributed by atoms with van der Waals surface area (Å²) < 4.78 is 18.6. The Morgan fingerprint density at radius 1 is 1.10 bits per heavy atom. The fourth-order valence-corrected chi connectivity index (χ4v) is 4.23. The number of nitrogens with zero attached hydrogens (tertiary/aromatic N) is 5. The summed E-state index contributed by atoms with van der Waals surface area (Å²) in [6.45, 7) is 1.34. The molecule has 0 atom stereocenters. The first-order valence-corrected chi connectivity index (χ1v) is 10.3. The molecule has 162 valence electrons. The summed E-state index contributed by atoms with van der Waals surface area (Å²) in [5.74, 6) is 1.40. The van der Waals surface area contributed by atoms with Gasteiger partial charge in [0.05, 0.1) is 21.3 Å². The molecule has 0 saturated carbocycles. The zero-order valence-corrected chi connectivity index (χ0v) is 18.9. The number of hydrogen-bond acceptors (Lipinski definition) is 8. The maximum atomic E-state index is 13.5. The summed E-state index contributed by atoms with van der Waals surface area (Å²) in [6.07, 6.45) is 2.44. The highest BCUT2D eigenvalue weighted by atomic mass is 32.1. The van der Waals surface area contributed by atoms with Gasteiger partial charge in [-0.05, 0) is 39.2 Å². The van der Waals surface area contributed by atoms with Crippen molar-refractivity contribution in [3.05, 3.63) is 23.9 Å². The van der Waals surface area contributed by atoms with Crippen LogP contribution in [0, 0.1) is 0 Å². The van der Waals surface area contributed by atoms with E-state index in [0.717, 1.165) is 17.7 Å². The number of hydrogen-bond donors (Lipinski definition) is 0. The Kier molecular flexibility index (Phi) is 6.78. The maximum Gasteiger partial charge on any atom is 0.267 e. The van der Waals surface area contributed by atoms with Gasteiger partial charge in [-0.1, -0.05) is 11.3 Å². The Morgan fingerprint density at radius 3 is 2.43 bits per heavy atom. The van der Waals surface area contributed by atoms with Crippen molar-refractivity contribution in [2.45, 2.75) is 6.42 Å². The monoisotopic (exact) mass is 433 g/mol. The molecule has 2 aromatic heterocycles. The largest absolute Gasteiger partial charge is 0.495 e. The number of amides is 1. The third kappa shape index (κ3) is 4.34. The van der Waals surface area contributed by atoms with Crippen LogP contribution in [-0.2, 0) is 7.05 Å². The minimum Gasteiger partial charge on any atom is -0.495 e. The Balaban J connectivity index is 2.06. The summed E-state index contributed by atoms with van der Waals surface area (Å²) in [5.41, 5.74) is 1.06. The lowest BCUT2D eigenvalue weighted by Gasteiger charge is -2.20. The van der Waals surface area contributed by atoms with Crippen LogP contribution in [0.5, 0.6) is 17.4 Å². The molecule has 0 unspecified atom stereocenters. The second kappa shape index (κ2) is 9.31. The molecule has 30 heavy (non-hydrogen) atoms. The zero-order chi connectivity index (χ0) is 21.8. The minimum absolute atomic E-state index is 0.212. The Labute approximate surface area is 179 Å². The second-order valence-corrected chi connectivity index (χ2v) is 7.96. The number of carbonyl (C=O) groups is 1. The molecule has 0 spiro atoms. The maximum absolute atomic E-state index is 13.5. The van der Waals surface area contributed by atoms with Crippen molar-refractivity contribution >= 4 is 32.6 Å². The van der Waals surface area contributed by atoms with E-state index in [9.17, 15) is 4.79 Å². The number of benzene rings is 1. The van der Waals surface area contributed by atoms with Crippen LogP contribution >= 0.6 is 11.3 Å². The van der Waals surface area contributed by atoms with Gasteiger partial charge in [-0.15, -0.1) is 5.10 Å². The summed E-state index contributed by atoms with van der Waals surface area (Å²) in [6, 6.07) is 3.65. The van der Waals surface area contributed by atoms with E-state index in [2.05, 4.69) is 10.00 Å². The van der Waals surface area contributed by atoms with Crippen LogP contribution in [0.15, 0.2) is 18.3 Å². The van der Waals surface area contributed by atoms with E-state index in [1.165, 1.54) is 18.4 Å². The lowest BCUT2D eigenvalue weighted by Crippen LogP contribution is -2.33. The van der Waals surface area contributed by atoms with E-state index < -0.39 is 0 Å². The number of anilines is 1. The quantitative estimate of drug-likeness (QED) is 0.513. The summed E-state index contributed by atoms with van der Waals surface area (Å²) >= 11 is 1.40. The number of methoxy groups -OCH3 is 3. The van der Waals surface area contributed by atoms with E-state index in [-0.39, 0.29) is 11.8 Å². The van der Waals surface area contributed by atoms with Crippen LogP contribution in [-0.4, -0.2) is 74.1 Å². The molecule has 10 heteroatoms. The van der Waals surface area contributed by atoms with Gasteiger partial charge >= 0.3 is 0 Å². The van der Waals surface area contributed by atoms with E-state index in [1.54, 1.807) is 37.0 Å². The average Bonchev–Trinajstić information content (AvgIpc) is 3.33. The van der Waals surface area contributed by atoms with Gasteiger partial charge in [0, 0.05) is 19.8 Å². The zero-order valence-electron chi connectivity index (χ0n) is 18.1. The number of aryl methyl sites for hydroxylation is 1. The van der Waals surface area contributed by atoms with Crippen molar-refractivity contribution in [2.75, 3.05) is 53.4 Å². The first kappa shape index (κ1) is 21.8. The molecular formula is C20H27N5O4S. The second-order valence-electron chi connectivity index (χ2n) is 6.98. The third-order valence-electron chi connectivity index (χ3n) is 4.58. The smallest absolute Gasteiger partial charge is 0.267 e. The molecule has 0 saturated heterocycles. The van der Waals surface area contributed by atoms with E-state index >= 15 is 0 Å². The van der Waals surface area contributed by atoms with Gasteiger partial charge < -0.3 is 19.1 Å². The van der Waals surface area contributed by atoms with Gasteiger partial charge in [0.25, 0.3) is 5.91 Å². The number of carbonyl (C=O) groups excluding carboxylic acids is 1. The van der Waals surface area contributed by atoms with Gasteiger partial charge in [-0.2, -0.15) is 0 Å². The number of rotatable bonds is 9. The molecule has 0 aliphatic carbocycles. The lowest BCUT2D eigenvalue weighted by molar-refractivity contribution is 0.0983. The highest BCUT2D eigenvalue weighted by molar-refractivity contribution is 7.22. The van der Waals surface area contributed by atoms with Crippen LogP contribution in [0.4, 0.5) is 5.13 Å². The topological polar surface area (TPSA) is 82.0 Å². The van der Waals surface area contributed by atoms with Crippen molar-refractivity contribution in [3.8, 4) is 17.4 Å². The van der Waals surface area contributed by atoms with Gasteiger partial charge in [-0.25, -0.2) is 4.98 Å². The standard InChI is InChI=1S/C20H27N5O4S/c1-23(2)10-7-11-25(19(26)13-12-24(3)22-18(13)29-6)20-21-16-14(27-4)8-9-15(28-5)17(16)30-20/h8-9,12H,7,10-11H2,1-6H3. The molecule has 0 radical (unpaired) electrons. The highest BCUT2D eigenvalue weighted by Gasteiger charge is 2.27. The number of aromatic nitrogens is 3. The third-order valence-corrected chi connectivity index (χ3v) is 5.67. The molecule has 9 nitrogen and oxygen atoms in total. The lowest BCUT2D eigenvalue weighted by atomic mass is 10.2. The summed E-state index contributed by atoms with van der Waals surface area (Å²) in [7, 11) is 10.5. The van der Waals surface area contributed by atoms with E-state index in [0.29, 0.717) is 34.3 Å². The Bertz CT molecular complexity index is 989. The van der Waals surface area contributed by atoms with Crippen LogP contribution in [0.1, 0.15) is 16.8 Å². The highest BCUT2D eigenvalue weighted by Crippen LogP contribution is 2.40. The Morgan fingerprint density at radius 2 is 1.80 bits per heavy atom. The normalized spacial score (nSPS) is 11.2. The number of fused-ring (bicyclic) bond motifs is 1. The molecule has 0 fully saturated rings. The fourth-order valence-electron chi connectivity index (χ4n) is 3.13. The predicted octanol–water partition coefficient (Wildman–Crippen LogP) is 2.65. The number of thiazole rings is 1. The van der Waals surface area contributed by atoms with Crippen LogP contribution in [0.3, 0.4) is 0 Å². The van der Waals surface area contributed by atoms with Crippen molar-refractivity contribution in [1.82, 2.24) is 19.7 Å². The van der Waals surface area contributed by atoms with Crippen molar-refractivity contribution in [3.63, 3.8) is 0 Å². The van der Waals surface area contributed by atoms with Crippen molar-refractivity contribution in [2.24, 2.45) is 7.05 Å². The molecule has 3 rings (SSSR count). The SMILES string of the molecule is COc1nn(C)cc1C(=O)N(CCCN(C)C)c1nc2c(OC)ccc(OC)c2s1. The fraction of sp³-hybridized carbons (Fsp3) is 0.450. The van der Waals surface area contributed by atoms with Crippen molar-refractivity contribution in [1.29, 1.82) is 0 Å². The molecule has 0 aliphatic rings. The molecule has 1 amide bonds. The molecule has 0 aliphatic heterocycles. The van der Waals surface area contributed by atoms with E-state index in [1.807, 2.05) is 26.2 Å². The molecule has 0 bridgehead atoms. The Hall–Kier alpha value is -2.85. The number of ether oxygens (including phenoxy) is 3.